The van der Waals surface area contributed by atoms with Crippen LogP contribution in [0.25, 0.3) is 0 Å². The van der Waals surface area contributed by atoms with Crippen LogP contribution < -0.4 is 10.6 Å². The highest BCUT2D eigenvalue weighted by Gasteiger charge is 2.38. The normalized spacial score (nSPS) is 15.1. The van der Waals surface area contributed by atoms with Gasteiger partial charge in [0.1, 0.15) is 0 Å². The lowest BCUT2D eigenvalue weighted by Crippen LogP contribution is -2.27. The molecule has 1 aromatic carbocycles. The average molecular weight is 295 g/mol. The average Bonchev–Trinajstić information content (AvgIpc) is 2.75. The van der Waals surface area contributed by atoms with Crippen LogP contribution in [0.3, 0.4) is 0 Å². The van der Waals surface area contributed by atoms with Crippen LogP contribution in [0, 0.1) is 0 Å². The fourth-order valence-corrected chi connectivity index (χ4v) is 2.49. The molecule has 5 nitrogen and oxygen atoms in total. The number of hydrogen-bond acceptors (Lipinski definition) is 3. The topological polar surface area (TPSA) is 71.1 Å². The molecule has 1 aliphatic rings. The van der Waals surface area contributed by atoms with E-state index in [1.165, 1.54) is 0 Å². The Hall–Kier alpha value is -2.69. The molecule has 3 rings (SSSR count). The Balaban J connectivity index is 1.78. The molecule has 1 aliphatic heterocycles. The molecule has 0 bridgehead atoms. The Kier molecular flexibility index (Phi) is 3.41. The molecule has 2 aromatic rings. The van der Waals surface area contributed by atoms with Crippen molar-refractivity contribution in [1.82, 2.24) is 10.3 Å². The molecule has 2 heterocycles. The number of carbonyl (C=O) groups is 2. The summed E-state index contributed by atoms with van der Waals surface area (Å²) in [4.78, 5) is 28.4. The van der Waals surface area contributed by atoms with Crippen molar-refractivity contribution in [2.24, 2.45) is 0 Å². The molecule has 2 N–H and O–H groups in total. The molecule has 0 saturated heterocycles. The summed E-state index contributed by atoms with van der Waals surface area (Å²) in [6.45, 7) is 4.07. The van der Waals surface area contributed by atoms with Crippen LogP contribution in [0.1, 0.15) is 35.5 Å². The minimum atomic E-state index is -0.618. The summed E-state index contributed by atoms with van der Waals surface area (Å²) in [5, 5.41) is 5.67. The third-order valence-electron chi connectivity index (χ3n) is 3.93. The maximum atomic E-state index is 12.3. The van der Waals surface area contributed by atoms with Gasteiger partial charge in [0.25, 0.3) is 5.91 Å². The number of amides is 2. The predicted molar refractivity (Wildman–Crippen MR) is 83.5 cm³/mol. The lowest BCUT2D eigenvalue weighted by atomic mass is 9.85. The van der Waals surface area contributed by atoms with Gasteiger partial charge in [-0.1, -0.05) is 6.07 Å². The number of aromatic nitrogens is 1. The number of pyridine rings is 1. The first-order chi connectivity index (χ1) is 10.5. The standard InChI is InChI=1S/C17H17N3O2/c1-17(2)13-9-11(6-7-14(13)20-16(17)22)15(21)19-10-12-5-3-4-8-18-12/h3-9H,10H2,1-2H3,(H,19,21)(H,20,22). The number of nitrogens with one attached hydrogen (secondary N) is 2. The molecule has 0 spiro atoms. The molecule has 112 valence electrons. The van der Waals surface area contributed by atoms with Gasteiger partial charge in [-0.05, 0) is 49.7 Å². The lowest BCUT2D eigenvalue weighted by Gasteiger charge is -2.15. The molecule has 22 heavy (non-hydrogen) atoms. The summed E-state index contributed by atoms with van der Waals surface area (Å²) in [6.07, 6.45) is 1.69. The summed E-state index contributed by atoms with van der Waals surface area (Å²) < 4.78 is 0. The molecule has 2 amide bonds. The smallest absolute Gasteiger partial charge is 0.251 e. The largest absolute Gasteiger partial charge is 0.346 e. The van der Waals surface area contributed by atoms with Crippen molar-refractivity contribution in [3.8, 4) is 0 Å². The SMILES string of the molecule is CC1(C)C(=O)Nc2ccc(C(=O)NCc3ccccn3)cc21. The highest BCUT2D eigenvalue weighted by atomic mass is 16.2. The van der Waals surface area contributed by atoms with Gasteiger partial charge in [0, 0.05) is 17.4 Å². The zero-order valence-corrected chi connectivity index (χ0v) is 12.5. The predicted octanol–water partition coefficient (Wildman–Crippen LogP) is 2.24. The molecule has 0 unspecified atom stereocenters. The van der Waals surface area contributed by atoms with Gasteiger partial charge in [0.15, 0.2) is 0 Å². The van der Waals surface area contributed by atoms with Crippen LogP contribution in [0.15, 0.2) is 42.6 Å². The van der Waals surface area contributed by atoms with Crippen LogP contribution in [0.2, 0.25) is 0 Å². The summed E-state index contributed by atoms with van der Waals surface area (Å²) >= 11 is 0. The Bertz CT molecular complexity index is 739. The van der Waals surface area contributed by atoms with E-state index >= 15 is 0 Å². The number of carbonyl (C=O) groups excluding carboxylic acids is 2. The number of fused-ring (bicyclic) bond motifs is 1. The Labute approximate surface area is 128 Å². The van der Waals surface area contributed by atoms with Gasteiger partial charge in [-0.25, -0.2) is 0 Å². The number of hydrogen-bond donors (Lipinski definition) is 2. The van der Waals surface area contributed by atoms with E-state index in [-0.39, 0.29) is 11.8 Å². The van der Waals surface area contributed by atoms with Crippen molar-refractivity contribution in [2.75, 3.05) is 5.32 Å². The number of anilines is 1. The molecule has 0 saturated carbocycles. The number of nitrogens with zero attached hydrogens (tertiary/aromatic N) is 1. The zero-order valence-electron chi connectivity index (χ0n) is 12.5. The second kappa shape index (κ2) is 5.26. The monoisotopic (exact) mass is 295 g/mol. The van der Waals surface area contributed by atoms with E-state index < -0.39 is 5.41 Å². The Morgan fingerprint density at radius 2 is 2.09 bits per heavy atom. The van der Waals surface area contributed by atoms with E-state index in [4.69, 9.17) is 0 Å². The van der Waals surface area contributed by atoms with E-state index in [9.17, 15) is 9.59 Å². The van der Waals surface area contributed by atoms with Crippen LogP contribution in [0.5, 0.6) is 0 Å². The minimum absolute atomic E-state index is 0.0476. The summed E-state index contributed by atoms with van der Waals surface area (Å²) in [5.74, 6) is -0.225. The minimum Gasteiger partial charge on any atom is -0.346 e. The third kappa shape index (κ3) is 2.45. The molecule has 5 heteroatoms. The number of rotatable bonds is 3. The highest BCUT2D eigenvalue weighted by Crippen LogP contribution is 2.37. The van der Waals surface area contributed by atoms with Gasteiger partial charge < -0.3 is 10.6 Å². The highest BCUT2D eigenvalue weighted by molar-refractivity contribution is 6.07. The van der Waals surface area contributed by atoms with Crippen LogP contribution in [-0.2, 0) is 16.8 Å². The molecule has 0 fully saturated rings. The van der Waals surface area contributed by atoms with Gasteiger partial charge in [0.05, 0.1) is 17.7 Å². The fraction of sp³-hybridized carbons (Fsp3) is 0.235. The van der Waals surface area contributed by atoms with Gasteiger partial charge in [0.2, 0.25) is 5.91 Å². The summed E-state index contributed by atoms with van der Waals surface area (Å²) in [5.41, 5.74) is 2.35. The molecule has 0 radical (unpaired) electrons. The number of benzene rings is 1. The van der Waals surface area contributed by atoms with Gasteiger partial charge in [-0.15, -0.1) is 0 Å². The van der Waals surface area contributed by atoms with E-state index in [1.54, 1.807) is 24.4 Å². The van der Waals surface area contributed by atoms with Gasteiger partial charge in [-0.3, -0.25) is 14.6 Å². The molecule has 1 aromatic heterocycles. The molecular formula is C17H17N3O2. The third-order valence-corrected chi connectivity index (χ3v) is 3.93. The van der Waals surface area contributed by atoms with Crippen molar-refractivity contribution < 1.29 is 9.59 Å². The maximum Gasteiger partial charge on any atom is 0.251 e. The second-order valence-corrected chi connectivity index (χ2v) is 5.84. The first kappa shape index (κ1) is 14.3. The van der Waals surface area contributed by atoms with Crippen LogP contribution >= 0.6 is 0 Å². The Morgan fingerprint density at radius 3 is 2.82 bits per heavy atom. The fourth-order valence-electron chi connectivity index (χ4n) is 2.49. The molecular weight excluding hydrogens is 278 g/mol. The van der Waals surface area contributed by atoms with E-state index in [2.05, 4.69) is 15.6 Å². The Morgan fingerprint density at radius 1 is 1.27 bits per heavy atom. The van der Waals surface area contributed by atoms with Crippen molar-refractivity contribution in [1.29, 1.82) is 0 Å². The van der Waals surface area contributed by atoms with Crippen molar-refractivity contribution in [2.45, 2.75) is 25.8 Å². The van der Waals surface area contributed by atoms with Crippen LogP contribution in [0.4, 0.5) is 5.69 Å². The van der Waals surface area contributed by atoms with Crippen molar-refractivity contribution in [3.63, 3.8) is 0 Å². The van der Waals surface area contributed by atoms with Crippen molar-refractivity contribution >= 4 is 17.5 Å². The van der Waals surface area contributed by atoms with Gasteiger partial charge >= 0.3 is 0 Å². The maximum absolute atomic E-state index is 12.3. The first-order valence-electron chi connectivity index (χ1n) is 7.12. The van der Waals surface area contributed by atoms with Crippen molar-refractivity contribution in [3.05, 3.63) is 59.4 Å². The summed E-state index contributed by atoms with van der Waals surface area (Å²) in [6, 6.07) is 10.8. The van der Waals surface area contributed by atoms with E-state index in [0.29, 0.717) is 12.1 Å². The second-order valence-electron chi connectivity index (χ2n) is 5.84. The lowest BCUT2D eigenvalue weighted by molar-refractivity contribution is -0.119. The first-order valence-corrected chi connectivity index (χ1v) is 7.12. The van der Waals surface area contributed by atoms with Gasteiger partial charge in [-0.2, -0.15) is 0 Å². The molecule has 0 atom stereocenters. The van der Waals surface area contributed by atoms with E-state index in [0.717, 1.165) is 16.9 Å². The zero-order chi connectivity index (χ0) is 15.7. The van der Waals surface area contributed by atoms with E-state index in [1.807, 2.05) is 32.0 Å². The van der Waals surface area contributed by atoms with Crippen LogP contribution in [-0.4, -0.2) is 16.8 Å². The molecule has 0 aliphatic carbocycles. The quantitative estimate of drug-likeness (QED) is 0.912. The summed E-state index contributed by atoms with van der Waals surface area (Å²) in [7, 11) is 0.